The molecule has 1 unspecified atom stereocenters. The maximum atomic E-state index is 5.95. The van der Waals surface area contributed by atoms with Crippen molar-refractivity contribution in [1.29, 1.82) is 0 Å². The van der Waals surface area contributed by atoms with Gasteiger partial charge in [0, 0.05) is 5.33 Å². The summed E-state index contributed by atoms with van der Waals surface area (Å²) >= 11 is 6.70. The molecule has 1 atom stereocenters. The van der Waals surface area contributed by atoms with Crippen LogP contribution in [0, 0.1) is 0 Å². The molecule has 26 heavy (non-hydrogen) atoms. The van der Waals surface area contributed by atoms with Crippen LogP contribution in [0.4, 0.5) is 0 Å². The molecule has 0 saturated carbocycles. The Morgan fingerprint density at radius 2 is 1.35 bits per heavy atom. The summed E-state index contributed by atoms with van der Waals surface area (Å²) in [6.07, 6.45) is 19.5. The van der Waals surface area contributed by atoms with E-state index >= 15 is 0 Å². The predicted molar refractivity (Wildman–Crippen MR) is 125 cm³/mol. The van der Waals surface area contributed by atoms with Crippen molar-refractivity contribution in [3.05, 3.63) is 0 Å². The molecule has 0 radical (unpaired) electrons. The van der Waals surface area contributed by atoms with E-state index in [9.17, 15) is 0 Å². The zero-order valence-corrected chi connectivity index (χ0v) is 20.5. The van der Waals surface area contributed by atoms with Gasteiger partial charge in [-0.1, -0.05) is 94.0 Å². The Bertz CT molecular complexity index is 258. The van der Waals surface area contributed by atoms with Crippen LogP contribution in [0.15, 0.2) is 0 Å². The summed E-state index contributed by atoms with van der Waals surface area (Å²) in [6.45, 7) is 5.35. The highest BCUT2D eigenvalue weighted by atomic mass is 79.9. The van der Waals surface area contributed by atoms with E-state index in [1.54, 1.807) is 0 Å². The summed E-state index contributed by atoms with van der Waals surface area (Å²) in [5, 5.41) is 1.11. The summed E-state index contributed by atoms with van der Waals surface area (Å²) < 4.78 is 11.6. The fourth-order valence-corrected chi connectivity index (χ4v) is 4.82. The third kappa shape index (κ3) is 21.4. The first-order chi connectivity index (χ1) is 12.8. The van der Waals surface area contributed by atoms with Crippen molar-refractivity contribution in [3.8, 4) is 0 Å². The van der Waals surface area contributed by atoms with Gasteiger partial charge in [-0.25, -0.2) is 0 Å². The second kappa shape index (κ2) is 24.1. The molecule has 0 N–H and O–H groups in total. The number of alkyl halides is 1. The Balaban J connectivity index is 3.74. The topological polar surface area (TPSA) is 18.5 Å². The number of unbranched alkanes of at least 4 members (excludes halogenated alkanes) is 11. The van der Waals surface area contributed by atoms with Crippen molar-refractivity contribution < 1.29 is 8.37 Å². The summed E-state index contributed by atoms with van der Waals surface area (Å²) in [4.78, 5) is 0. The van der Waals surface area contributed by atoms with Crippen molar-refractivity contribution in [2.24, 2.45) is 0 Å². The molecule has 0 aromatic rings. The van der Waals surface area contributed by atoms with Crippen LogP contribution in [-0.4, -0.2) is 23.1 Å². The van der Waals surface area contributed by atoms with Gasteiger partial charge in [-0.2, -0.15) is 0 Å². The van der Waals surface area contributed by atoms with E-state index in [2.05, 4.69) is 29.8 Å². The lowest BCUT2D eigenvalue weighted by Gasteiger charge is -2.16. The first-order valence-corrected chi connectivity index (χ1v) is 13.8. The molecule has 5 heteroatoms. The highest BCUT2D eigenvalue weighted by Gasteiger charge is 2.11. The van der Waals surface area contributed by atoms with Crippen molar-refractivity contribution in [1.82, 2.24) is 0 Å². The second-order valence-electron chi connectivity index (χ2n) is 7.01. The van der Waals surface area contributed by atoms with Crippen LogP contribution in [0.25, 0.3) is 0 Å². The minimum absolute atomic E-state index is 0.293. The Labute approximate surface area is 181 Å². The van der Waals surface area contributed by atoms with E-state index in [0.717, 1.165) is 24.8 Å². The third-order valence-corrected chi connectivity index (χ3v) is 6.89. The quantitative estimate of drug-likeness (QED) is 0.0679. The lowest BCUT2D eigenvalue weighted by molar-refractivity contribution is 0.256. The standard InChI is InChI=1S/C21H43BrO2S2/c1-3-5-7-9-13-17-21(25-20-16-12-8-6-4-2)24-26-23-19-15-11-10-14-18-22/h21H,3-20H2,1-2H3. The summed E-state index contributed by atoms with van der Waals surface area (Å²) in [6, 6.07) is 0. The van der Waals surface area contributed by atoms with Crippen molar-refractivity contribution >= 4 is 40.0 Å². The van der Waals surface area contributed by atoms with Gasteiger partial charge in [0.15, 0.2) is 12.3 Å². The summed E-state index contributed by atoms with van der Waals surface area (Å²) in [5.74, 6) is 1.22. The average molecular weight is 472 g/mol. The van der Waals surface area contributed by atoms with Gasteiger partial charge in [0.2, 0.25) is 0 Å². The maximum Gasteiger partial charge on any atom is 0.159 e. The van der Waals surface area contributed by atoms with Crippen LogP contribution in [0.1, 0.15) is 110 Å². The smallest absolute Gasteiger partial charge is 0.159 e. The van der Waals surface area contributed by atoms with Crippen LogP contribution in [0.5, 0.6) is 0 Å². The normalized spacial score (nSPS) is 12.6. The van der Waals surface area contributed by atoms with Gasteiger partial charge >= 0.3 is 0 Å². The molecule has 0 rings (SSSR count). The van der Waals surface area contributed by atoms with E-state index < -0.39 is 0 Å². The van der Waals surface area contributed by atoms with E-state index in [1.807, 2.05) is 11.8 Å². The van der Waals surface area contributed by atoms with Gasteiger partial charge in [0.1, 0.15) is 5.44 Å². The summed E-state index contributed by atoms with van der Waals surface area (Å²) in [5.41, 5.74) is 0.293. The second-order valence-corrected chi connectivity index (χ2v) is 9.63. The van der Waals surface area contributed by atoms with Crippen molar-refractivity contribution in [2.45, 2.75) is 116 Å². The summed E-state index contributed by atoms with van der Waals surface area (Å²) in [7, 11) is 0. The highest BCUT2D eigenvalue weighted by molar-refractivity contribution is 9.09. The Kier molecular flexibility index (Phi) is 25.2. The number of hydrogen-bond acceptors (Lipinski definition) is 4. The molecule has 0 aliphatic heterocycles. The van der Waals surface area contributed by atoms with Gasteiger partial charge < -0.3 is 0 Å². The number of hydrogen-bond donors (Lipinski definition) is 0. The van der Waals surface area contributed by atoms with Crippen LogP contribution in [0.2, 0.25) is 0 Å². The van der Waals surface area contributed by atoms with Crippen LogP contribution >= 0.6 is 40.0 Å². The van der Waals surface area contributed by atoms with E-state index in [4.69, 9.17) is 8.37 Å². The molecule has 0 amide bonds. The van der Waals surface area contributed by atoms with Gasteiger partial charge in [0.05, 0.1) is 6.61 Å². The van der Waals surface area contributed by atoms with E-state index in [-0.39, 0.29) is 0 Å². The molecule has 0 saturated heterocycles. The molecule has 0 heterocycles. The van der Waals surface area contributed by atoms with E-state index in [1.165, 1.54) is 102 Å². The largest absolute Gasteiger partial charge is 0.291 e. The lowest BCUT2D eigenvalue weighted by atomic mass is 10.1. The maximum absolute atomic E-state index is 5.95. The molecule has 158 valence electrons. The minimum Gasteiger partial charge on any atom is -0.291 e. The first-order valence-electron chi connectivity index (χ1n) is 11.0. The van der Waals surface area contributed by atoms with E-state index in [0.29, 0.717) is 5.44 Å². The molecule has 0 bridgehead atoms. The zero-order valence-electron chi connectivity index (χ0n) is 17.3. The SMILES string of the molecule is CCCCCCCSC(CCCCCCC)OSOCCCCCCBr. The Morgan fingerprint density at radius 3 is 2.04 bits per heavy atom. The fourth-order valence-electron chi connectivity index (χ4n) is 2.71. The number of rotatable bonds is 22. The van der Waals surface area contributed by atoms with Crippen LogP contribution in [-0.2, 0) is 8.37 Å². The highest BCUT2D eigenvalue weighted by Crippen LogP contribution is 2.26. The minimum atomic E-state index is 0.293. The van der Waals surface area contributed by atoms with Crippen LogP contribution < -0.4 is 0 Å². The molecule has 0 aliphatic carbocycles. The molecule has 0 spiro atoms. The Morgan fingerprint density at radius 1 is 0.731 bits per heavy atom. The third-order valence-electron chi connectivity index (χ3n) is 4.40. The molecule has 0 aromatic heterocycles. The molecule has 0 aliphatic rings. The lowest BCUT2D eigenvalue weighted by Crippen LogP contribution is -2.06. The first kappa shape index (κ1) is 27.1. The number of halogens is 1. The zero-order chi connectivity index (χ0) is 19.1. The molecular weight excluding hydrogens is 428 g/mol. The molecule has 0 fully saturated rings. The van der Waals surface area contributed by atoms with Gasteiger partial charge in [-0.3, -0.25) is 8.37 Å². The van der Waals surface area contributed by atoms with Gasteiger partial charge in [-0.15, -0.1) is 11.8 Å². The predicted octanol–water partition coefficient (Wildman–Crippen LogP) is 8.93. The number of thioether (sulfide) groups is 1. The van der Waals surface area contributed by atoms with Crippen molar-refractivity contribution in [3.63, 3.8) is 0 Å². The van der Waals surface area contributed by atoms with Crippen molar-refractivity contribution in [2.75, 3.05) is 17.7 Å². The van der Waals surface area contributed by atoms with Crippen LogP contribution in [0.3, 0.4) is 0 Å². The van der Waals surface area contributed by atoms with Gasteiger partial charge in [-0.05, 0) is 37.9 Å². The molecule has 0 aromatic carbocycles. The average Bonchev–Trinajstić information content (AvgIpc) is 2.65. The molecule has 2 nitrogen and oxygen atoms in total. The molecular formula is C21H43BrO2S2. The Hall–Kier alpha value is 1.10. The monoisotopic (exact) mass is 470 g/mol. The fraction of sp³-hybridized carbons (Fsp3) is 1.00. The van der Waals surface area contributed by atoms with Gasteiger partial charge in [0.25, 0.3) is 0 Å².